The van der Waals surface area contributed by atoms with Crippen LogP contribution in [0.25, 0.3) is 16.6 Å². The van der Waals surface area contributed by atoms with Gasteiger partial charge in [0.2, 0.25) is 0 Å². The van der Waals surface area contributed by atoms with Crippen molar-refractivity contribution in [3.05, 3.63) is 57.5 Å². The van der Waals surface area contributed by atoms with Crippen molar-refractivity contribution < 1.29 is 4.39 Å². The third-order valence-corrected chi connectivity index (χ3v) is 6.61. The Bertz CT molecular complexity index is 1180. The van der Waals surface area contributed by atoms with E-state index in [9.17, 15) is 9.59 Å². The molecule has 0 radical (unpaired) electrons. The van der Waals surface area contributed by atoms with Crippen LogP contribution in [0.1, 0.15) is 31.7 Å². The van der Waals surface area contributed by atoms with Gasteiger partial charge in [-0.1, -0.05) is 6.07 Å². The molecule has 1 aromatic carbocycles. The van der Waals surface area contributed by atoms with Crippen LogP contribution in [0.3, 0.4) is 0 Å². The van der Waals surface area contributed by atoms with Crippen LogP contribution in [0.4, 0.5) is 4.39 Å². The fourth-order valence-electron chi connectivity index (χ4n) is 4.92. The molecule has 3 aromatic rings. The lowest BCUT2D eigenvalue weighted by molar-refractivity contribution is 0.0464. The zero-order valence-electron chi connectivity index (χ0n) is 17.4. The second kappa shape index (κ2) is 8.05. The number of aromatic amines is 1. The third-order valence-electron chi connectivity index (χ3n) is 6.61. The Morgan fingerprint density at radius 3 is 2.65 bits per heavy atom. The van der Waals surface area contributed by atoms with Gasteiger partial charge < -0.3 is 10.2 Å². The number of halogens is 1. The Hall–Kier alpha value is -2.78. The van der Waals surface area contributed by atoms with Gasteiger partial charge in [-0.25, -0.2) is 9.18 Å². The van der Waals surface area contributed by atoms with Gasteiger partial charge in [-0.3, -0.25) is 19.0 Å². The summed E-state index contributed by atoms with van der Waals surface area (Å²) in [5.41, 5.74) is -0.327. The second-order valence-electron chi connectivity index (χ2n) is 8.69. The standard InChI is InChI=1S/C22H27FN6O2/c23-22(7-9-24-10-8-22)15-27-11-4-16(5-12-27)29-19-3-1-2-18(17(19)14-25-29)28-13-6-20(30)26-21(28)31/h1-3,6,13-14,16,24H,4-5,7-12,15H2,(H,26,30,31). The summed E-state index contributed by atoms with van der Waals surface area (Å²) < 4.78 is 18.5. The van der Waals surface area contributed by atoms with Crippen LogP contribution in [0.15, 0.2) is 46.2 Å². The van der Waals surface area contributed by atoms with E-state index in [4.69, 9.17) is 0 Å². The fourth-order valence-corrected chi connectivity index (χ4v) is 4.92. The summed E-state index contributed by atoms with van der Waals surface area (Å²) in [6.07, 6.45) is 6.26. The fraction of sp³-hybridized carbons (Fsp3) is 0.500. The molecule has 0 aliphatic carbocycles. The second-order valence-corrected chi connectivity index (χ2v) is 8.69. The van der Waals surface area contributed by atoms with E-state index in [2.05, 4.69) is 20.3 Å². The Morgan fingerprint density at radius 1 is 1.13 bits per heavy atom. The van der Waals surface area contributed by atoms with E-state index < -0.39 is 16.9 Å². The summed E-state index contributed by atoms with van der Waals surface area (Å²) in [6, 6.07) is 7.31. The van der Waals surface area contributed by atoms with Crippen LogP contribution in [-0.2, 0) is 0 Å². The number of H-pyrrole nitrogens is 1. The van der Waals surface area contributed by atoms with E-state index in [1.54, 1.807) is 6.20 Å². The van der Waals surface area contributed by atoms with Crippen LogP contribution in [-0.4, -0.2) is 62.6 Å². The molecule has 9 heteroatoms. The molecule has 2 aromatic heterocycles. The van der Waals surface area contributed by atoms with Gasteiger partial charge in [0.15, 0.2) is 0 Å². The molecule has 2 aliphatic rings. The smallest absolute Gasteiger partial charge is 0.316 e. The summed E-state index contributed by atoms with van der Waals surface area (Å²) in [7, 11) is 0. The maximum Gasteiger partial charge on any atom is 0.332 e. The summed E-state index contributed by atoms with van der Waals surface area (Å²) in [4.78, 5) is 28.2. The molecule has 0 spiro atoms. The van der Waals surface area contributed by atoms with Gasteiger partial charge in [0.1, 0.15) is 5.67 Å². The molecule has 0 unspecified atom stereocenters. The van der Waals surface area contributed by atoms with E-state index in [1.807, 2.05) is 22.9 Å². The number of fused-ring (bicyclic) bond motifs is 1. The molecule has 4 heterocycles. The SMILES string of the molecule is O=c1ccn(-c2cccc3c2cnn3C2CCN(CC3(F)CCNCC3)CC2)c(=O)[nH]1. The third kappa shape index (κ3) is 3.95. The van der Waals surface area contributed by atoms with Gasteiger partial charge >= 0.3 is 5.69 Å². The molecule has 2 N–H and O–H groups in total. The average Bonchev–Trinajstić information content (AvgIpc) is 3.19. The van der Waals surface area contributed by atoms with Crippen molar-refractivity contribution >= 4 is 10.9 Å². The Kier molecular flexibility index (Phi) is 5.23. The molecule has 0 amide bonds. The Labute approximate surface area is 178 Å². The molecule has 31 heavy (non-hydrogen) atoms. The summed E-state index contributed by atoms with van der Waals surface area (Å²) in [5, 5.41) is 8.73. The van der Waals surface area contributed by atoms with Crippen LogP contribution >= 0.6 is 0 Å². The molecular weight excluding hydrogens is 399 g/mol. The maximum atomic E-state index is 15.0. The zero-order valence-corrected chi connectivity index (χ0v) is 17.4. The average molecular weight is 426 g/mol. The normalized spacial score (nSPS) is 20.3. The van der Waals surface area contributed by atoms with Crippen molar-refractivity contribution in [1.82, 2.24) is 29.5 Å². The van der Waals surface area contributed by atoms with Crippen molar-refractivity contribution in [2.24, 2.45) is 0 Å². The number of alkyl halides is 1. The molecule has 164 valence electrons. The number of nitrogens with one attached hydrogen (secondary N) is 2. The van der Waals surface area contributed by atoms with Crippen molar-refractivity contribution in [2.75, 3.05) is 32.7 Å². The highest BCUT2D eigenvalue weighted by Gasteiger charge is 2.35. The number of rotatable bonds is 4. The topological polar surface area (TPSA) is 87.9 Å². The maximum absolute atomic E-state index is 15.0. The van der Waals surface area contributed by atoms with Crippen LogP contribution in [0, 0.1) is 0 Å². The first-order valence-corrected chi connectivity index (χ1v) is 10.9. The minimum Gasteiger partial charge on any atom is -0.316 e. The Balaban J connectivity index is 1.35. The van der Waals surface area contributed by atoms with E-state index >= 15 is 4.39 Å². The lowest BCUT2D eigenvalue weighted by Crippen LogP contribution is -2.48. The first-order chi connectivity index (χ1) is 15.0. The molecule has 2 aliphatic heterocycles. The van der Waals surface area contributed by atoms with E-state index in [1.165, 1.54) is 16.8 Å². The zero-order chi connectivity index (χ0) is 21.4. The molecule has 2 fully saturated rings. The number of aromatic nitrogens is 4. The lowest BCUT2D eigenvalue weighted by atomic mass is 9.92. The lowest BCUT2D eigenvalue weighted by Gasteiger charge is -2.38. The Morgan fingerprint density at radius 2 is 1.90 bits per heavy atom. The van der Waals surface area contributed by atoms with Crippen molar-refractivity contribution in [2.45, 2.75) is 37.4 Å². The number of nitrogens with zero attached hydrogens (tertiary/aromatic N) is 4. The van der Waals surface area contributed by atoms with Crippen molar-refractivity contribution in [3.8, 4) is 5.69 Å². The minimum absolute atomic E-state index is 0.236. The molecule has 8 nitrogen and oxygen atoms in total. The van der Waals surface area contributed by atoms with E-state index in [-0.39, 0.29) is 6.04 Å². The van der Waals surface area contributed by atoms with Gasteiger partial charge in [0.05, 0.1) is 23.4 Å². The molecule has 0 saturated carbocycles. The summed E-state index contributed by atoms with van der Waals surface area (Å²) in [5.74, 6) is 0. The van der Waals surface area contributed by atoms with Gasteiger partial charge in [0.25, 0.3) is 5.56 Å². The predicted octanol–water partition coefficient (Wildman–Crippen LogP) is 1.60. The molecular formula is C22H27FN6O2. The monoisotopic (exact) mass is 426 g/mol. The van der Waals surface area contributed by atoms with E-state index in [0.29, 0.717) is 25.1 Å². The number of hydrogen-bond acceptors (Lipinski definition) is 5. The van der Waals surface area contributed by atoms with Gasteiger partial charge in [-0.05, 0) is 50.9 Å². The van der Waals surface area contributed by atoms with E-state index in [0.717, 1.165) is 49.9 Å². The summed E-state index contributed by atoms with van der Waals surface area (Å²) in [6.45, 7) is 3.73. The van der Waals surface area contributed by atoms with Crippen LogP contribution < -0.4 is 16.6 Å². The van der Waals surface area contributed by atoms with Gasteiger partial charge in [-0.15, -0.1) is 0 Å². The molecule has 0 bridgehead atoms. The molecule has 5 rings (SSSR count). The van der Waals surface area contributed by atoms with Gasteiger partial charge in [-0.2, -0.15) is 5.10 Å². The largest absolute Gasteiger partial charge is 0.332 e. The van der Waals surface area contributed by atoms with Crippen LogP contribution in [0.2, 0.25) is 0 Å². The predicted molar refractivity (Wildman–Crippen MR) is 117 cm³/mol. The molecule has 0 atom stereocenters. The number of hydrogen-bond donors (Lipinski definition) is 2. The van der Waals surface area contributed by atoms with Gasteiger partial charge in [0, 0.05) is 37.3 Å². The van der Waals surface area contributed by atoms with Crippen LogP contribution in [0.5, 0.6) is 0 Å². The number of benzene rings is 1. The van der Waals surface area contributed by atoms with Crippen molar-refractivity contribution in [3.63, 3.8) is 0 Å². The first-order valence-electron chi connectivity index (χ1n) is 10.9. The number of likely N-dealkylation sites (tertiary alicyclic amines) is 1. The first kappa shape index (κ1) is 20.1. The number of piperidine rings is 2. The molecule has 2 saturated heterocycles. The highest BCUT2D eigenvalue weighted by molar-refractivity contribution is 5.87. The highest BCUT2D eigenvalue weighted by atomic mass is 19.1. The summed E-state index contributed by atoms with van der Waals surface area (Å²) >= 11 is 0. The van der Waals surface area contributed by atoms with Crippen molar-refractivity contribution in [1.29, 1.82) is 0 Å². The highest BCUT2D eigenvalue weighted by Crippen LogP contribution is 2.31. The minimum atomic E-state index is -1.07. The quantitative estimate of drug-likeness (QED) is 0.662.